The maximum Gasteiger partial charge on any atom is 0.354 e. The van der Waals surface area contributed by atoms with E-state index >= 15 is 0 Å². The van der Waals surface area contributed by atoms with Gasteiger partial charge < -0.3 is 19.8 Å². The Hall–Kier alpha value is -2.76. The number of hydrogen-bond donors (Lipinski definition) is 2. The van der Waals surface area contributed by atoms with Crippen molar-refractivity contribution in [3.63, 3.8) is 0 Å². The normalized spacial score (nSPS) is 11.7. The zero-order chi connectivity index (χ0) is 18.6. The van der Waals surface area contributed by atoms with Gasteiger partial charge in [-0.15, -0.1) is 0 Å². The number of H-pyrrole nitrogens is 1. The van der Waals surface area contributed by atoms with Crippen LogP contribution in [0.5, 0.6) is 5.75 Å². The first-order chi connectivity index (χ1) is 11.9. The average Bonchev–Trinajstić information content (AvgIpc) is 2.98. The Morgan fingerprint density at radius 2 is 1.88 bits per heavy atom. The summed E-state index contributed by atoms with van der Waals surface area (Å²) in [6.45, 7) is 7.93. The van der Waals surface area contributed by atoms with Crippen molar-refractivity contribution in [2.45, 2.75) is 33.8 Å². The Bertz CT molecular complexity index is 759. The fourth-order valence-corrected chi connectivity index (χ4v) is 2.86. The van der Waals surface area contributed by atoms with Crippen LogP contribution in [0.25, 0.3) is 0 Å². The molecule has 0 aliphatic rings. The number of aromatic nitrogens is 1. The third-order valence-electron chi connectivity index (χ3n) is 3.98. The van der Waals surface area contributed by atoms with Crippen LogP contribution in [0, 0.1) is 13.8 Å². The van der Waals surface area contributed by atoms with Gasteiger partial charge in [0.1, 0.15) is 17.5 Å². The van der Waals surface area contributed by atoms with Gasteiger partial charge in [-0.1, -0.05) is 18.2 Å². The first-order valence-electron chi connectivity index (χ1n) is 8.24. The van der Waals surface area contributed by atoms with Crippen molar-refractivity contribution in [2.75, 3.05) is 13.7 Å². The number of aryl methyl sites for hydroxylation is 2. The molecule has 2 N–H and O–H groups in total. The molecule has 1 aromatic heterocycles. The second kappa shape index (κ2) is 7.88. The van der Waals surface area contributed by atoms with E-state index in [9.17, 15) is 9.59 Å². The predicted molar refractivity (Wildman–Crippen MR) is 95.1 cm³/mol. The number of nitrogens with one attached hydrogen (secondary N) is 2. The summed E-state index contributed by atoms with van der Waals surface area (Å²) in [6, 6.07) is 7.53. The zero-order valence-electron chi connectivity index (χ0n) is 15.2. The number of amides is 1. The van der Waals surface area contributed by atoms with E-state index in [1.54, 1.807) is 6.92 Å². The van der Waals surface area contributed by atoms with Crippen molar-refractivity contribution >= 4 is 11.9 Å². The topological polar surface area (TPSA) is 80.4 Å². The van der Waals surface area contributed by atoms with Gasteiger partial charge in [0.25, 0.3) is 5.91 Å². The molecular weight excluding hydrogens is 320 g/mol. The smallest absolute Gasteiger partial charge is 0.354 e. The Balaban J connectivity index is 2.37. The number of carbonyl (C=O) groups is 2. The lowest BCUT2D eigenvalue weighted by Crippen LogP contribution is -2.20. The summed E-state index contributed by atoms with van der Waals surface area (Å²) in [5, 5.41) is 2.54. The summed E-state index contributed by atoms with van der Waals surface area (Å²) < 4.78 is 11.0. The molecule has 0 aliphatic carbocycles. The van der Waals surface area contributed by atoms with Gasteiger partial charge in [-0.2, -0.15) is 0 Å². The summed E-state index contributed by atoms with van der Waals surface area (Å²) in [7, 11) is 1.52. The molecule has 0 aliphatic heterocycles. The van der Waals surface area contributed by atoms with E-state index in [1.807, 2.05) is 39.0 Å². The average molecular weight is 344 g/mol. The summed E-state index contributed by atoms with van der Waals surface area (Å²) in [5.74, 6) is -0.570. The van der Waals surface area contributed by atoms with E-state index in [0.29, 0.717) is 5.75 Å². The quantitative estimate of drug-likeness (QED) is 0.788. The van der Waals surface area contributed by atoms with E-state index < -0.39 is 5.97 Å². The predicted octanol–water partition coefficient (Wildman–Crippen LogP) is 3.31. The molecule has 2 rings (SSSR count). The third-order valence-corrected chi connectivity index (χ3v) is 3.98. The molecule has 0 saturated carbocycles. The highest BCUT2D eigenvalue weighted by Gasteiger charge is 2.23. The summed E-state index contributed by atoms with van der Waals surface area (Å²) in [6.07, 6.45) is -0.282. The van der Waals surface area contributed by atoms with Crippen molar-refractivity contribution in [2.24, 2.45) is 0 Å². The molecule has 0 bridgehead atoms. The Kier molecular flexibility index (Phi) is 5.85. The number of esters is 1. The van der Waals surface area contributed by atoms with Crippen LogP contribution < -0.4 is 10.1 Å². The van der Waals surface area contributed by atoms with Crippen molar-refractivity contribution in [1.29, 1.82) is 0 Å². The van der Waals surface area contributed by atoms with Crippen LogP contribution in [-0.2, 0) is 4.74 Å². The van der Waals surface area contributed by atoms with Crippen LogP contribution in [0.2, 0.25) is 0 Å². The zero-order valence-corrected chi connectivity index (χ0v) is 15.2. The molecule has 0 saturated heterocycles. The molecule has 6 heteroatoms. The number of aromatic amines is 1. The van der Waals surface area contributed by atoms with Crippen molar-refractivity contribution in [3.8, 4) is 5.75 Å². The van der Waals surface area contributed by atoms with E-state index in [2.05, 4.69) is 10.3 Å². The van der Waals surface area contributed by atoms with Crippen molar-refractivity contribution in [1.82, 2.24) is 10.3 Å². The molecule has 25 heavy (non-hydrogen) atoms. The largest absolute Gasteiger partial charge is 0.484 e. The highest BCUT2D eigenvalue weighted by molar-refractivity contribution is 5.98. The molecule has 2 aromatic rings. The van der Waals surface area contributed by atoms with E-state index in [1.165, 1.54) is 13.1 Å². The Morgan fingerprint density at radius 3 is 2.44 bits per heavy atom. The lowest BCUT2D eigenvalue weighted by molar-refractivity contribution is 0.0520. The molecule has 1 amide bonds. The van der Waals surface area contributed by atoms with Crippen molar-refractivity contribution < 1.29 is 19.1 Å². The molecule has 6 nitrogen and oxygen atoms in total. The van der Waals surface area contributed by atoms with Crippen LogP contribution in [0.4, 0.5) is 0 Å². The standard InChI is InChI=1S/C19H24N2O4/c1-6-24-19(23)14-10-15(17(21-14)18(22)20-5)25-13(4)16-11(2)8-7-9-12(16)3/h7-10,13,21H,6H2,1-5H3,(H,20,22). The van der Waals surface area contributed by atoms with Crippen LogP contribution in [0.15, 0.2) is 24.3 Å². The number of carbonyl (C=O) groups excluding carboxylic acids is 2. The van der Waals surface area contributed by atoms with E-state index in [-0.39, 0.29) is 30.0 Å². The minimum Gasteiger partial charge on any atom is -0.484 e. The Labute approximate surface area is 147 Å². The molecule has 1 aromatic carbocycles. The third kappa shape index (κ3) is 4.02. The minimum absolute atomic E-state index is 0.184. The van der Waals surface area contributed by atoms with Crippen LogP contribution in [0.3, 0.4) is 0 Å². The number of ether oxygens (including phenoxy) is 2. The summed E-state index contributed by atoms with van der Waals surface area (Å²) in [4.78, 5) is 26.8. The highest BCUT2D eigenvalue weighted by atomic mass is 16.5. The Morgan fingerprint density at radius 1 is 1.24 bits per heavy atom. The summed E-state index contributed by atoms with van der Waals surface area (Å²) in [5.41, 5.74) is 3.65. The molecule has 1 unspecified atom stereocenters. The molecule has 1 heterocycles. The van der Waals surface area contributed by atoms with Crippen molar-refractivity contribution in [3.05, 3.63) is 52.3 Å². The van der Waals surface area contributed by atoms with Crippen LogP contribution in [-0.4, -0.2) is 30.5 Å². The van der Waals surface area contributed by atoms with Gasteiger partial charge in [0.05, 0.1) is 6.61 Å². The fraction of sp³-hybridized carbons (Fsp3) is 0.368. The van der Waals surface area contributed by atoms with Crippen LogP contribution >= 0.6 is 0 Å². The molecule has 134 valence electrons. The van der Waals surface area contributed by atoms with Gasteiger partial charge in [-0.3, -0.25) is 4.79 Å². The summed E-state index contributed by atoms with van der Waals surface area (Å²) >= 11 is 0. The van der Waals surface area contributed by atoms with E-state index in [0.717, 1.165) is 16.7 Å². The minimum atomic E-state index is -0.526. The molecule has 0 spiro atoms. The second-order valence-corrected chi connectivity index (χ2v) is 5.79. The first kappa shape index (κ1) is 18.6. The number of hydrogen-bond acceptors (Lipinski definition) is 4. The molecular formula is C19H24N2O4. The molecule has 0 radical (unpaired) electrons. The molecule has 1 atom stereocenters. The lowest BCUT2D eigenvalue weighted by atomic mass is 9.99. The van der Waals surface area contributed by atoms with Crippen LogP contribution in [0.1, 0.15) is 57.6 Å². The van der Waals surface area contributed by atoms with Gasteiger partial charge in [-0.05, 0) is 44.4 Å². The fourth-order valence-electron chi connectivity index (χ4n) is 2.86. The van der Waals surface area contributed by atoms with E-state index in [4.69, 9.17) is 9.47 Å². The molecule has 0 fully saturated rings. The van der Waals surface area contributed by atoms with Gasteiger partial charge in [0, 0.05) is 13.1 Å². The second-order valence-electron chi connectivity index (χ2n) is 5.79. The monoisotopic (exact) mass is 344 g/mol. The SMILES string of the molecule is CCOC(=O)c1cc(OC(C)c2c(C)cccc2C)c(C(=O)NC)[nH]1. The van der Waals surface area contributed by atoms with Gasteiger partial charge in [-0.25, -0.2) is 4.79 Å². The van der Waals surface area contributed by atoms with Gasteiger partial charge in [0.2, 0.25) is 0 Å². The first-order valence-corrected chi connectivity index (χ1v) is 8.24. The maximum atomic E-state index is 12.1. The van der Waals surface area contributed by atoms with Gasteiger partial charge >= 0.3 is 5.97 Å². The number of benzene rings is 1. The maximum absolute atomic E-state index is 12.1. The highest BCUT2D eigenvalue weighted by Crippen LogP contribution is 2.30. The lowest BCUT2D eigenvalue weighted by Gasteiger charge is -2.19. The number of rotatable bonds is 6. The van der Waals surface area contributed by atoms with Gasteiger partial charge in [0.15, 0.2) is 5.75 Å².